The average Bonchev–Trinajstić information content (AvgIpc) is 2.96. The van der Waals surface area contributed by atoms with E-state index in [1.807, 2.05) is 6.07 Å². The summed E-state index contributed by atoms with van der Waals surface area (Å²) in [4.78, 5) is 20.4. The fourth-order valence-corrected chi connectivity index (χ4v) is 4.11. The number of hydrogen-bond donors (Lipinski definition) is 1. The van der Waals surface area contributed by atoms with Crippen LogP contribution in [0.3, 0.4) is 0 Å². The van der Waals surface area contributed by atoms with Crippen LogP contribution < -0.4 is 10.5 Å². The summed E-state index contributed by atoms with van der Waals surface area (Å²) >= 11 is 0. The summed E-state index contributed by atoms with van der Waals surface area (Å²) in [6, 6.07) is 9.59. The molecule has 0 aliphatic carbocycles. The van der Waals surface area contributed by atoms with Gasteiger partial charge in [0.2, 0.25) is 11.8 Å². The molecule has 1 aromatic heterocycles. The molecular weight excluding hydrogens is 380 g/mol. The van der Waals surface area contributed by atoms with Crippen molar-refractivity contribution in [2.24, 2.45) is 5.73 Å². The topological polar surface area (TPSA) is 80.9 Å². The van der Waals surface area contributed by atoms with Crippen LogP contribution in [0.25, 0.3) is 0 Å². The quantitative estimate of drug-likeness (QED) is 0.755. The van der Waals surface area contributed by atoms with E-state index in [1.165, 1.54) is 23.7 Å². The summed E-state index contributed by atoms with van der Waals surface area (Å²) in [5.74, 6) is 0.737. The minimum absolute atomic E-state index is 0.373. The Bertz CT molecular complexity index is 850. The molecule has 2 aliphatic heterocycles. The number of rotatable bonds is 7. The van der Waals surface area contributed by atoms with E-state index in [9.17, 15) is 4.79 Å². The minimum atomic E-state index is -0.492. The Balaban J connectivity index is 1.32. The zero-order chi connectivity index (χ0) is 20.8. The van der Waals surface area contributed by atoms with Gasteiger partial charge in [0, 0.05) is 31.9 Å². The second kappa shape index (κ2) is 10.0. The third-order valence-corrected chi connectivity index (χ3v) is 5.79. The highest BCUT2D eigenvalue weighted by Crippen LogP contribution is 2.26. The molecule has 1 saturated heterocycles. The molecule has 0 unspecified atom stereocenters. The molecule has 0 spiro atoms. The maximum absolute atomic E-state index is 11.2. The average molecular weight is 411 g/mol. The lowest BCUT2D eigenvalue weighted by atomic mass is 10.0. The van der Waals surface area contributed by atoms with Crippen molar-refractivity contribution in [3.05, 3.63) is 53.2 Å². The van der Waals surface area contributed by atoms with Gasteiger partial charge in [0.15, 0.2) is 0 Å². The molecule has 160 valence electrons. The Morgan fingerprint density at radius 3 is 2.67 bits per heavy atom. The first kappa shape index (κ1) is 20.8. The number of fused-ring (bicyclic) bond motifs is 1. The fourth-order valence-electron chi connectivity index (χ4n) is 4.11. The molecule has 1 fully saturated rings. The van der Waals surface area contributed by atoms with Gasteiger partial charge < -0.3 is 15.2 Å². The highest BCUT2D eigenvalue weighted by Gasteiger charge is 2.16. The first-order chi connectivity index (χ1) is 14.7. The molecule has 7 nitrogen and oxygen atoms in total. The number of nitrogens with zero attached hydrogens (tertiary/aromatic N) is 3. The summed E-state index contributed by atoms with van der Waals surface area (Å²) < 4.78 is 11.3. The summed E-state index contributed by atoms with van der Waals surface area (Å²) in [6.45, 7) is 8.26. The first-order valence-electron chi connectivity index (χ1n) is 10.8. The molecule has 2 aromatic rings. The van der Waals surface area contributed by atoms with E-state index < -0.39 is 5.91 Å². The van der Waals surface area contributed by atoms with Crippen molar-refractivity contribution in [3.63, 3.8) is 0 Å². The van der Waals surface area contributed by atoms with Crippen LogP contribution in [0.2, 0.25) is 0 Å². The largest absolute Gasteiger partial charge is 0.439 e. The van der Waals surface area contributed by atoms with Gasteiger partial charge in [0.05, 0.1) is 18.8 Å². The minimum Gasteiger partial charge on any atom is -0.439 e. The highest BCUT2D eigenvalue weighted by atomic mass is 16.5. The van der Waals surface area contributed by atoms with Crippen molar-refractivity contribution < 1.29 is 14.3 Å². The van der Waals surface area contributed by atoms with E-state index in [0.717, 1.165) is 71.1 Å². The van der Waals surface area contributed by atoms with Crippen molar-refractivity contribution in [3.8, 4) is 11.6 Å². The molecule has 0 bridgehead atoms. The predicted octanol–water partition coefficient (Wildman–Crippen LogP) is 2.44. The molecule has 4 rings (SSSR count). The maximum Gasteiger partial charge on any atom is 0.250 e. The van der Waals surface area contributed by atoms with Crippen molar-refractivity contribution in [1.29, 1.82) is 0 Å². The number of morpholine rings is 1. The Labute approximate surface area is 177 Å². The lowest BCUT2D eigenvalue weighted by Gasteiger charge is -2.28. The SMILES string of the molecule is NC(=O)c1ccc(Oc2ccc3c(c2)CCCN(CCCN2CCOCC2)C3)nc1. The van der Waals surface area contributed by atoms with Crippen molar-refractivity contribution in [2.75, 3.05) is 45.9 Å². The van der Waals surface area contributed by atoms with Gasteiger partial charge in [-0.15, -0.1) is 0 Å². The molecule has 1 aromatic carbocycles. The zero-order valence-electron chi connectivity index (χ0n) is 17.4. The number of pyridine rings is 1. The molecule has 7 heteroatoms. The Morgan fingerprint density at radius 1 is 1.07 bits per heavy atom. The lowest BCUT2D eigenvalue weighted by Crippen LogP contribution is -2.38. The van der Waals surface area contributed by atoms with Gasteiger partial charge in [0.1, 0.15) is 5.75 Å². The number of nitrogens with two attached hydrogens (primary N) is 1. The number of carbonyl (C=O) groups excluding carboxylic acids is 1. The summed E-state index contributed by atoms with van der Waals surface area (Å²) in [5, 5.41) is 0. The molecule has 0 saturated carbocycles. The second-order valence-corrected chi connectivity index (χ2v) is 7.97. The van der Waals surface area contributed by atoms with Crippen molar-refractivity contribution >= 4 is 5.91 Å². The highest BCUT2D eigenvalue weighted by molar-refractivity contribution is 5.92. The van der Waals surface area contributed by atoms with Crippen LogP contribution in [0.15, 0.2) is 36.5 Å². The van der Waals surface area contributed by atoms with Crippen LogP contribution in [0, 0.1) is 0 Å². The molecule has 3 heterocycles. The zero-order valence-corrected chi connectivity index (χ0v) is 17.4. The fraction of sp³-hybridized carbons (Fsp3) is 0.478. The van der Waals surface area contributed by atoms with Crippen LogP contribution in [-0.2, 0) is 17.7 Å². The lowest BCUT2D eigenvalue weighted by molar-refractivity contribution is 0.0360. The van der Waals surface area contributed by atoms with Crippen LogP contribution in [-0.4, -0.2) is 66.6 Å². The van der Waals surface area contributed by atoms with Crippen LogP contribution >= 0.6 is 0 Å². The van der Waals surface area contributed by atoms with Crippen LogP contribution in [0.1, 0.15) is 34.3 Å². The first-order valence-corrected chi connectivity index (χ1v) is 10.8. The third-order valence-electron chi connectivity index (χ3n) is 5.79. The number of amides is 1. The van der Waals surface area contributed by atoms with Crippen molar-refractivity contribution in [2.45, 2.75) is 25.8 Å². The second-order valence-electron chi connectivity index (χ2n) is 7.97. The van der Waals surface area contributed by atoms with Gasteiger partial charge >= 0.3 is 0 Å². The monoisotopic (exact) mass is 410 g/mol. The molecule has 0 atom stereocenters. The van der Waals surface area contributed by atoms with Crippen LogP contribution in [0.5, 0.6) is 11.6 Å². The summed E-state index contributed by atoms with van der Waals surface area (Å²) in [5.41, 5.74) is 8.35. The number of aryl methyl sites for hydroxylation is 1. The standard InChI is InChI=1S/C23H30N4O3/c24-23(28)19-5-7-22(25-16-19)30-21-6-4-20-17-27(8-1-3-18(20)15-21)10-2-9-26-11-13-29-14-12-26/h4-7,15-16H,1-3,8-14,17H2,(H2,24,28). The van der Waals surface area contributed by atoms with E-state index in [0.29, 0.717) is 11.4 Å². The summed E-state index contributed by atoms with van der Waals surface area (Å²) in [6.07, 6.45) is 4.85. The van der Waals surface area contributed by atoms with Gasteiger partial charge in [0.25, 0.3) is 0 Å². The Kier molecular flexibility index (Phi) is 6.94. The van der Waals surface area contributed by atoms with Crippen molar-refractivity contribution in [1.82, 2.24) is 14.8 Å². The van der Waals surface area contributed by atoms with Gasteiger partial charge in [-0.2, -0.15) is 0 Å². The molecule has 1 amide bonds. The molecular formula is C23H30N4O3. The van der Waals surface area contributed by atoms with E-state index in [1.54, 1.807) is 12.1 Å². The number of carbonyl (C=O) groups is 1. The molecule has 0 radical (unpaired) electrons. The van der Waals surface area contributed by atoms with Crippen LogP contribution in [0.4, 0.5) is 0 Å². The van der Waals surface area contributed by atoms with Gasteiger partial charge in [-0.25, -0.2) is 4.98 Å². The number of hydrogen-bond acceptors (Lipinski definition) is 6. The van der Waals surface area contributed by atoms with Gasteiger partial charge in [-0.1, -0.05) is 6.07 Å². The smallest absolute Gasteiger partial charge is 0.250 e. The van der Waals surface area contributed by atoms with E-state index in [2.05, 4.69) is 26.9 Å². The number of ether oxygens (including phenoxy) is 2. The number of aromatic nitrogens is 1. The Morgan fingerprint density at radius 2 is 1.90 bits per heavy atom. The molecule has 30 heavy (non-hydrogen) atoms. The Hall–Kier alpha value is -2.48. The van der Waals surface area contributed by atoms with Gasteiger partial charge in [-0.3, -0.25) is 14.6 Å². The summed E-state index contributed by atoms with van der Waals surface area (Å²) in [7, 11) is 0. The number of benzene rings is 1. The normalized spacial score (nSPS) is 17.9. The van der Waals surface area contributed by atoms with Gasteiger partial charge in [-0.05, 0) is 68.2 Å². The maximum atomic E-state index is 11.2. The van der Waals surface area contributed by atoms with E-state index in [4.69, 9.17) is 15.2 Å². The molecule has 2 aliphatic rings. The predicted molar refractivity (Wildman–Crippen MR) is 115 cm³/mol. The van der Waals surface area contributed by atoms with E-state index in [-0.39, 0.29) is 0 Å². The third kappa shape index (κ3) is 5.56. The van der Waals surface area contributed by atoms with E-state index >= 15 is 0 Å². The molecule has 2 N–H and O–H groups in total. The number of primary amides is 1.